The van der Waals surface area contributed by atoms with Gasteiger partial charge in [0.1, 0.15) is 28.6 Å². The van der Waals surface area contributed by atoms with Gasteiger partial charge in [0, 0.05) is 34.7 Å². The number of nitrogens with one attached hydrogen (secondary N) is 1. The van der Waals surface area contributed by atoms with Crippen LogP contribution in [0, 0.1) is 17.8 Å². The Labute approximate surface area is 232 Å². The van der Waals surface area contributed by atoms with E-state index in [0.29, 0.717) is 29.3 Å². The summed E-state index contributed by atoms with van der Waals surface area (Å²) in [7, 11) is 4.68. The summed E-state index contributed by atoms with van der Waals surface area (Å²) < 4.78 is 5.76. The molecule has 0 saturated heterocycles. The Morgan fingerprint density at radius 2 is 1.88 bits per heavy atom. The van der Waals surface area contributed by atoms with Crippen LogP contribution in [0.25, 0.3) is 0 Å². The number of hydrogen-bond donors (Lipinski definition) is 6. The van der Waals surface area contributed by atoms with E-state index in [-0.39, 0.29) is 35.3 Å². The van der Waals surface area contributed by atoms with Crippen molar-refractivity contribution in [3.63, 3.8) is 0 Å². The van der Waals surface area contributed by atoms with Crippen molar-refractivity contribution in [1.29, 1.82) is 0 Å². The fraction of sp³-hybridized carbons (Fsp3) is 0.552. The number of nitrogens with zero attached hydrogens (tertiary/aromatic N) is 1. The molecule has 0 aromatic heterocycles. The van der Waals surface area contributed by atoms with Crippen LogP contribution in [-0.2, 0) is 22.6 Å². The van der Waals surface area contributed by atoms with Crippen molar-refractivity contribution in [1.82, 2.24) is 10.2 Å². The number of fused-ring (bicyclic) bond motifs is 3. The van der Waals surface area contributed by atoms with E-state index in [1.54, 1.807) is 14.1 Å². The Morgan fingerprint density at radius 1 is 1.23 bits per heavy atom. The number of nitrogens with two attached hydrogens (primary N) is 1. The molecule has 0 bridgehead atoms. The standard InChI is InChI=1S/C29H37N3O8/c1-28(2,14-6-7-14)31-11-13-10-17(33)19-15(24(13)40-5)8-12-9-16-21(32(3)4)23(35)20(27(30)38)26(37)29(16,39)25(36)18(12)22(19)34/h10,12,14,16,21,31,33,35-36,39H,6-9,11H2,1-5H3,(H2,30,38)/t12-,16-,21-,29-/m0/s1. The number of aromatic hydroxyl groups is 1. The Kier molecular flexibility index (Phi) is 6.56. The minimum atomic E-state index is -2.66. The minimum Gasteiger partial charge on any atom is -0.510 e. The number of rotatable bonds is 7. The number of ketones is 2. The van der Waals surface area contributed by atoms with Gasteiger partial charge in [-0.15, -0.1) is 0 Å². The fourth-order valence-electron chi connectivity index (χ4n) is 7.02. The number of ether oxygens (including phenoxy) is 1. The maximum absolute atomic E-state index is 13.9. The summed E-state index contributed by atoms with van der Waals surface area (Å²) in [4.78, 5) is 40.9. The van der Waals surface area contributed by atoms with Crippen molar-refractivity contribution >= 4 is 17.5 Å². The summed E-state index contributed by atoms with van der Waals surface area (Å²) >= 11 is 0. The number of likely N-dealkylation sites (N-methyl/N-ethyl adjacent to an activating group) is 1. The third-order valence-corrected chi connectivity index (χ3v) is 9.29. The van der Waals surface area contributed by atoms with Gasteiger partial charge in [0.25, 0.3) is 5.91 Å². The molecule has 1 amide bonds. The summed E-state index contributed by atoms with van der Waals surface area (Å²) in [5.41, 5.74) is 2.65. The number of carbonyl (C=O) groups is 3. The van der Waals surface area contributed by atoms with E-state index in [4.69, 9.17) is 10.5 Å². The Morgan fingerprint density at radius 3 is 2.42 bits per heavy atom. The topological polar surface area (TPSA) is 183 Å². The molecule has 40 heavy (non-hydrogen) atoms. The average molecular weight is 556 g/mol. The number of phenolic OH excluding ortho intramolecular Hbond substituents is 1. The van der Waals surface area contributed by atoms with Gasteiger partial charge in [0.2, 0.25) is 5.78 Å². The number of amides is 1. The lowest BCUT2D eigenvalue weighted by molar-refractivity contribution is -0.148. The van der Waals surface area contributed by atoms with Gasteiger partial charge in [-0.3, -0.25) is 19.3 Å². The highest BCUT2D eigenvalue weighted by Gasteiger charge is 2.63. The van der Waals surface area contributed by atoms with Crippen LogP contribution in [0.1, 0.15) is 54.6 Å². The van der Waals surface area contributed by atoms with Crippen molar-refractivity contribution < 1.29 is 39.5 Å². The second-order valence-electron chi connectivity index (χ2n) is 12.3. The van der Waals surface area contributed by atoms with E-state index < -0.39 is 58.0 Å². The molecular formula is C29H37N3O8. The summed E-state index contributed by atoms with van der Waals surface area (Å²) in [6, 6.07) is 0.421. The Hall–Kier alpha value is -3.41. The number of hydrogen-bond acceptors (Lipinski definition) is 10. The van der Waals surface area contributed by atoms with Gasteiger partial charge < -0.3 is 36.2 Å². The molecule has 11 heteroatoms. The number of aliphatic hydroxyl groups is 3. The van der Waals surface area contributed by atoms with Crippen molar-refractivity contribution in [2.75, 3.05) is 21.2 Å². The van der Waals surface area contributed by atoms with Crippen LogP contribution in [0.4, 0.5) is 0 Å². The second-order valence-corrected chi connectivity index (χ2v) is 12.3. The number of phenols is 1. The van der Waals surface area contributed by atoms with Gasteiger partial charge in [0.05, 0.1) is 18.7 Å². The molecule has 0 radical (unpaired) electrons. The number of primary amides is 1. The molecule has 0 unspecified atom stereocenters. The first kappa shape index (κ1) is 28.1. The average Bonchev–Trinajstić information content (AvgIpc) is 3.71. The summed E-state index contributed by atoms with van der Waals surface area (Å²) in [5.74, 6) is -5.77. The fourth-order valence-corrected chi connectivity index (χ4v) is 7.02. The monoisotopic (exact) mass is 555 g/mol. The summed E-state index contributed by atoms with van der Waals surface area (Å²) in [5, 5.41) is 48.6. The van der Waals surface area contributed by atoms with E-state index >= 15 is 0 Å². The minimum absolute atomic E-state index is 0.0207. The number of aliphatic hydroxyl groups excluding tert-OH is 2. The van der Waals surface area contributed by atoms with Gasteiger partial charge in [-0.05, 0) is 71.5 Å². The van der Waals surface area contributed by atoms with E-state index in [2.05, 4.69) is 19.2 Å². The lowest BCUT2D eigenvalue weighted by Crippen LogP contribution is -2.63. The molecule has 4 atom stereocenters. The predicted octanol–water partition coefficient (Wildman–Crippen LogP) is 1.41. The SMILES string of the molecule is COc1c(CNC(C)(C)C2CC2)cc(O)c2c1C[C@H]1C[C@H]3[C@H](N(C)C)C(O)=C(C(N)=O)C(=O)[C@@]3(O)C(O)=C1C2=O. The molecule has 4 aliphatic rings. The second kappa shape index (κ2) is 9.32. The highest BCUT2D eigenvalue weighted by atomic mass is 16.5. The van der Waals surface area contributed by atoms with Crippen molar-refractivity contribution in [3.05, 3.63) is 45.4 Å². The third-order valence-electron chi connectivity index (χ3n) is 9.29. The molecule has 1 aromatic carbocycles. The van der Waals surface area contributed by atoms with Gasteiger partial charge in [-0.2, -0.15) is 0 Å². The zero-order chi connectivity index (χ0) is 29.5. The summed E-state index contributed by atoms with van der Waals surface area (Å²) in [6.45, 7) is 4.65. The van der Waals surface area contributed by atoms with Crippen molar-refractivity contribution in [2.24, 2.45) is 23.5 Å². The molecule has 1 fully saturated rings. The zero-order valence-electron chi connectivity index (χ0n) is 23.4. The molecule has 5 rings (SSSR count). The van der Waals surface area contributed by atoms with Crippen LogP contribution in [-0.4, -0.2) is 81.2 Å². The van der Waals surface area contributed by atoms with Gasteiger partial charge in [-0.25, -0.2) is 0 Å². The maximum atomic E-state index is 13.9. The number of methoxy groups -OCH3 is 1. The van der Waals surface area contributed by atoms with E-state index in [9.17, 15) is 34.8 Å². The highest BCUT2D eigenvalue weighted by Crippen LogP contribution is 2.53. The lowest BCUT2D eigenvalue weighted by atomic mass is 9.58. The Bertz CT molecular complexity index is 1390. The molecule has 1 aromatic rings. The van der Waals surface area contributed by atoms with Crippen LogP contribution >= 0.6 is 0 Å². The highest BCUT2D eigenvalue weighted by molar-refractivity contribution is 6.24. The van der Waals surface area contributed by atoms with Gasteiger partial charge >= 0.3 is 0 Å². The van der Waals surface area contributed by atoms with Gasteiger partial charge in [0.15, 0.2) is 11.4 Å². The molecule has 0 spiro atoms. The van der Waals surface area contributed by atoms with Crippen molar-refractivity contribution in [3.8, 4) is 11.5 Å². The molecular weight excluding hydrogens is 518 g/mol. The van der Waals surface area contributed by atoms with E-state index in [1.165, 1.54) is 18.1 Å². The van der Waals surface area contributed by atoms with Crippen LogP contribution in [0.3, 0.4) is 0 Å². The van der Waals surface area contributed by atoms with Crippen LogP contribution < -0.4 is 15.8 Å². The quantitative estimate of drug-likeness (QED) is 0.269. The summed E-state index contributed by atoms with van der Waals surface area (Å²) in [6.07, 6.45) is 2.49. The molecule has 7 N–H and O–H groups in total. The largest absolute Gasteiger partial charge is 0.510 e. The number of benzene rings is 1. The third kappa shape index (κ3) is 3.93. The molecule has 11 nitrogen and oxygen atoms in total. The number of carbonyl (C=O) groups excluding carboxylic acids is 3. The number of Topliss-reactive ketones (excluding diaryl/α,β-unsaturated/α-hetero) is 2. The normalized spacial score (nSPS) is 28.4. The van der Waals surface area contributed by atoms with Crippen LogP contribution in [0.5, 0.6) is 11.5 Å². The molecule has 4 aliphatic carbocycles. The van der Waals surface area contributed by atoms with Gasteiger partial charge in [-0.1, -0.05) is 0 Å². The lowest BCUT2D eigenvalue weighted by Gasteiger charge is -2.50. The van der Waals surface area contributed by atoms with E-state index in [0.717, 1.165) is 12.8 Å². The molecule has 0 aliphatic heterocycles. The molecule has 216 valence electrons. The van der Waals surface area contributed by atoms with E-state index in [1.807, 2.05) is 0 Å². The maximum Gasteiger partial charge on any atom is 0.255 e. The zero-order valence-corrected chi connectivity index (χ0v) is 23.4. The van der Waals surface area contributed by atoms with Crippen molar-refractivity contribution in [2.45, 2.75) is 63.3 Å². The first-order valence-corrected chi connectivity index (χ1v) is 13.5. The first-order valence-electron chi connectivity index (χ1n) is 13.5. The molecule has 1 saturated carbocycles. The smallest absolute Gasteiger partial charge is 0.255 e. The first-order chi connectivity index (χ1) is 18.7. The predicted molar refractivity (Wildman–Crippen MR) is 144 cm³/mol. The number of allylic oxidation sites excluding steroid dienone is 1. The van der Waals surface area contributed by atoms with Crippen LogP contribution in [0.15, 0.2) is 28.7 Å². The van der Waals surface area contributed by atoms with Crippen LogP contribution in [0.2, 0.25) is 0 Å². The molecule has 0 heterocycles. The Balaban J connectivity index is 1.62.